The van der Waals surface area contributed by atoms with Crippen LogP contribution in [-0.4, -0.2) is 24.3 Å². The van der Waals surface area contributed by atoms with Crippen molar-refractivity contribution in [1.82, 2.24) is 0 Å². The summed E-state index contributed by atoms with van der Waals surface area (Å²) in [6, 6.07) is 0. The van der Waals surface area contributed by atoms with Crippen molar-refractivity contribution in [1.29, 1.82) is 0 Å². The summed E-state index contributed by atoms with van der Waals surface area (Å²) in [6.45, 7) is 8.77. The topological polar surface area (TPSA) is 43.4 Å². The maximum absolute atomic E-state index is 12.1. The Bertz CT molecular complexity index is 387. The van der Waals surface area contributed by atoms with Crippen molar-refractivity contribution in [3.8, 4) is 0 Å². The van der Waals surface area contributed by atoms with Crippen molar-refractivity contribution < 1.29 is 14.3 Å². The number of ether oxygens (including phenoxy) is 1. The molecule has 0 amide bonds. The molecule has 2 bridgehead atoms. The molecular formula is C14H20O3. The number of fused-ring (bicyclic) bond motifs is 2. The molecule has 0 saturated heterocycles. The summed E-state index contributed by atoms with van der Waals surface area (Å²) < 4.78 is 5.65. The quantitative estimate of drug-likeness (QED) is 0.545. The summed E-state index contributed by atoms with van der Waals surface area (Å²) in [6.07, 6.45) is 2.57. The van der Waals surface area contributed by atoms with Crippen LogP contribution < -0.4 is 0 Å². The average molecular weight is 236 g/mol. The van der Waals surface area contributed by atoms with Gasteiger partial charge in [0.1, 0.15) is 0 Å². The highest BCUT2D eigenvalue weighted by Gasteiger charge is 2.50. The van der Waals surface area contributed by atoms with Gasteiger partial charge in [0.25, 0.3) is 0 Å². The lowest BCUT2D eigenvalue weighted by Crippen LogP contribution is -2.51. The second-order valence-electron chi connectivity index (χ2n) is 5.91. The Kier molecular flexibility index (Phi) is 2.98. The van der Waals surface area contributed by atoms with Crippen molar-refractivity contribution in [3.63, 3.8) is 0 Å². The number of hydrogen-bond acceptors (Lipinski definition) is 3. The molecule has 0 heterocycles. The molecule has 3 rings (SSSR count). The maximum Gasteiger partial charge on any atom is 0.208 e. The molecule has 3 aliphatic carbocycles. The van der Waals surface area contributed by atoms with Crippen molar-refractivity contribution in [3.05, 3.63) is 11.6 Å². The Morgan fingerprint density at radius 1 is 1.29 bits per heavy atom. The van der Waals surface area contributed by atoms with E-state index >= 15 is 0 Å². The van der Waals surface area contributed by atoms with Crippen LogP contribution in [0.2, 0.25) is 0 Å². The third-order valence-electron chi connectivity index (χ3n) is 3.68. The average Bonchev–Trinajstić information content (AvgIpc) is 2.23. The molecule has 0 aromatic carbocycles. The molecule has 0 spiro atoms. The molecule has 94 valence electrons. The van der Waals surface area contributed by atoms with Crippen molar-refractivity contribution in [2.24, 2.45) is 17.3 Å². The molecule has 0 aromatic heterocycles. The predicted octanol–water partition coefficient (Wildman–Crippen LogP) is 2.15. The molecule has 0 radical (unpaired) electrons. The van der Waals surface area contributed by atoms with Crippen LogP contribution in [0.4, 0.5) is 0 Å². The van der Waals surface area contributed by atoms with E-state index in [9.17, 15) is 9.59 Å². The fourth-order valence-electron chi connectivity index (χ4n) is 2.90. The summed E-state index contributed by atoms with van der Waals surface area (Å²) in [5.41, 5.74) is 1.01. The second kappa shape index (κ2) is 4.05. The number of carbonyl (C=O) groups excluding carboxylic acids is 2. The first-order valence-electron chi connectivity index (χ1n) is 6.28. The molecule has 0 aliphatic heterocycles. The van der Waals surface area contributed by atoms with E-state index in [0.29, 0.717) is 13.0 Å². The van der Waals surface area contributed by atoms with Crippen LogP contribution in [0.3, 0.4) is 0 Å². The Balaban J connectivity index is 2.40. The highest BCUT2D eigenvalue weighted by Crippen LogP contribution is 2.45. The number of hydrogen-bond donors (Lipinski definition) is 0. The summed E-state index contributed by atoms with van der Waals surface area (Å²) in [4.78, 5) is 23.8. The van der Waals surface area contributed by atoms with Gasteiger partial charge in [-0.25, -0.2) is 0 Å². The molecular weight excluding hydrogens is 216 g/mol. The van der Waals surface area contributed by atoms with Gasteiger partial charge in [0.2, 0.25) is 11.6 Å². The number of allylic oxidation sites excluding steroid dienone is 1. The standard InChI is InChI=1S/C14H20O3/c1-5-17-10-7-8-6-9(14(2,3)4)11(10)13(16)12(8)15/h6,8,10-11H,5,7H2,1-4H3/t8-,10+,11+/m1/s1. The van der Waals surface area contributed by atoms with Gasteiger partial charge in [-0.05, 0) is 18.8 Å². The zero-order chi connectivity index (χ0) is 12.8. The van der Waals surface area contributed by atoms with E-state index in [0.717, 1.165) is 5.57 Å². The van der Waals surface area contributed by atoms with Gasteiger partial charge in [-0.1, -0.05) is 32.4 Å². The molecule has 3 heteroatoms. The number of ketones is 2. The molecule has 0 N–H and O–H groups in total. The second-order valence-corrected chi connectivity index (χ2v) is 5.91. The Hall–Kier alpha value is -0.960. The maximum atomic E-state index is 12.1. The van der Waals surface area contributed by atoms with Crippen molar-refractivity contribution >= 4 is 11.6 Å². The van der Waals surface area contributed by atoms with Crippen molar-refractivity contribution in [2.75, 3.05) is 6.61 Å². The van der Waals surface area contributed by atoms with Crippen LogP contribution in [0.15, 0.2) is 11.6 Å². The fourth-order valence-corrected chi connectivity index (χ4v) is 2.90. The smallest absolute Gasteiger partial charge is 0.208 e. The van der Waals surface area contributed by atoms with Gasteiger partial charge in [-0.3, -0.25) is 9.59 Å². The minimum absolute atomic E-state index is 0.0744. The summed E-state index contributed by atoms with van der Waals surface area (Å²) in [5, 5.41) is 0. The minimum Gasteiger partial charge on any atom is -0.377 e. The van der Waals surface area contributed by atoms with E-state index in [2.05, 4.69) is 20.8 Å². The van der Waals surface area contributed by atoms with Crippen LogP contribution >= 0.6 is 0 Å². The third kappa shape index (κ3) is 1.97. The Morgan fingerprint density at radius 3 is 2.41 bits per heavy atom. The van der Waals surface area contributed by atoms with Gasteiger partial charge in [0, 0.05) is 12.5 Å². The number of carbonyl (C=O) groups is 2. The first-order valence-corrected chi connectivity index (χ1v) is 6.28. The highest BCUT2D eigenvalue weighted by molar-refractivity contribution is 6.41. The summed E-state index contributed by atoms with van der Waals surface area (Å²) in [7, 11) is 0. The van der Waals surface area contributed by atoms with Crippen LogP contribution in [-0.2, 0) is 14.3 Å². The monoisotopic (exact) mass is 236 g/mol. The van der Waals surface area contributed by atoms with Crippen LogP contribution in [0.25, 0.3) is 0 Å². The zero-order valence-corrected chi connectivity index (χ0v) is 10.9. The van der Waals surface area contributed by atoms with Gasteiger partial charge in [0.05, 0.1) is 12.0 Å². The largest absolute Gasteiger partial charge is 0.377 e. The van der Waals surface area contributed by atoms with Gasteiger partial charge < -0.3 is 4.74 Å². The number of rotatable bonds is 2. The lowest BCUT2D eigenvalue weighted by atomic mass is 9.62. The Labute approximate surface area is 102 Å². The van der Waals surface area contributed by atoms with Gasteiger partial charge in [-0.2, -0.15) is 0 Å². The Morgan fingerprint density at radius 2 is 1.94 bits per heavy atom. The first kappa shape index (κ1) is 12.5. The van der Waals surface area contributed by atoms with Crippen molar-refractivity contribution in [2.45, 2.75) is 40.2 Å². The van der Waals surface area contributed by atoms with E-state index in [1.165, 1.54) is 0 Å². The van der Waals surface area contributed by atoms with Crippen LogP contribution in [0.5, 0.6) is 0 Å². The lowest BCUT2D eigenvalue weighted by Gasteiger charge is -2.43. The molecule has 1 fully saturated rings. The first-order chi connectivity index (χ1) is 7.86. The molecule has 3 aliphatic rings. The van der Waals surface area contributed by atoms with Gasteiger partial charge >= 0.3 is 0 Å². The SMILES string of the molecule is CCO[C@H]1C[C@H]2C=C(C(C)(C)C)[C@@H]1C(=O)C2=O. The molecule has 0 unspecified atom stereocenters. The molecule has 3 atom stereocenters. The highest BCUT2D eigenvalue weighted by atomic mass is 16.5. The van der Waals surface area contributed by atoms with E-state index in [1.54, 1.807) is 0 Å². The zero-order valence-electron chi connectivity index (χ0n) is 10.9. The molecule has 1 saturated carbocycles. The number of Topliss-reactive ketones (excluding diaryl/α,β-unsaturated/α-hetero) is 2. The normalized spacial score (nSPS) is 32.9. The lowest BCUT2D eigenvalue weighted by molar-refractivity contribution is -0.149. The minimum atomic E-state index is -0.340. The van der Waals surface area contributed by atoms with Crippen LogP contribution in [0.1, 0.15) is 34.1 Å². The molecule has 3 nitrogen and oxygen atoms in total. The van der Waals surface area contributed by atoms with E-state index < -0.39 is 0 Å². The van der Waals surface area contributed by atoms with Gasteiger partial charge in [0.15, 0.2) is 0 Å². The van der Waals surface area contributed by atoms with E-state index in [1.807, 2.05) is 13.0 Å². The summed E-state index contributed by atoms with van der Waals surface area (Å²) in [5.74, 6) is -1.06. The predicted molar refractivity (Wildman–Crippen MR) is 64.6 cm³/mol. The molecule has 17 heavy (non-hydrogen) atoms. The third-order valence-corrected chi connectivity index (χ3v) is 3.68. The molecule has 0 aromatic rings. The summed E-state index contributed by atoms with van der Waals surface area (Å²) >= 11 is 0. The van der Waals surface area contributed by atoms with Crippen LogP contribution in [0, 0.1) is 17.3 Å². The van der Waals surface area contributed by atoms with Gasteiger partial charge in [-0.15, -0.1) is 0 Å². The van der Waals surface area contributed by atoms with E-state index in [-0.39, 0.29) is 34.9 Å². The van der Waals surface area contributed by atoms with E-state index in [4.69, 9.17) is 4.74 Å². The fraction of sp³-hybridized carbons (Fsp3) is 0.714.